The summed E-state index contributed by atoms with van der Waals surface area (Å²) in [6, 6.07) is 11.1. The minimum Gasteiger partial charge on any atom is -0.545 e. The molecule has 2 aromatic carbocycles. The third kappa shape index (κ3) is 4.70. The largest absolute Gasteiger partial charge is 0.545 e. The molecule has 10 heteroatoms. The van der Waals surface area contributed by atoms with Gasteiger partial charge in [0.25, 0.3) is 5.91 Å². The third-order valence-electron chi connectivity index (χ3n) is 4.51. The number of rotatable bonds is 6. The van der Waals surface area contributed by atoms with E-state index in [9.17, 15) is 19.5 Å². The van der Waals surface area contributed by atoms with E-state index in [1.54, 1.807) is 24.3 Å². The molecule has 2 heterocycles. The van der Waals surface area contributed by atoms with Crippen molar-refractivity contribution in [2.45, 2.75) is 6.42 Å². The molecule has 2 aliphatic heterocycles. The van der Waals surface area contributed by atoms with E-state index in [1.165, 1.54) is 23.1 Å². The number of thioether (sulfide) groups is 1. The van der Waals surface area contributed by atoms with Gasteiger partial charge in [0.05, 0.1) is 10.9 Å². The summed E-state index contributed by atoms with van der Waals surface area (Å²) < 4.78 is 11.0. The number of fused-ring (bicyclic) bond motifs is 1. The number of hydrogen-bond donors (Lipinski definition) is 1. The predicted octanol–water partition coefficient (Wildman–Crippen LogP) is 2.01. The predicted molar refractivity (Wildman–Crippen MR) is 116 cm³/mol. The van der Waals surface area contributed by atoms with E-state index in [4.69, 9.17) is 21.7 Å². The molecular weight excluding hydrogens is 440 g/mol. The van der Waals surface area contributed by atoms with Crippen LogP contribution in [0.1, 0.15) is 22.3 Å². The number of amides is 2. The Morgan fingerprint density at radius 3 is 2.81 bits per heavy atom. The summed E-state index contributed by atoms with van der Waals surface area (Å²) in [5.41, 5.74) is 1.07. The zero-order valence-corrected chi connectivity index (χ0v) is 17.6. The van der Waals surface area contributed by atoms with Crippen molar-refractivity contribution >= 4 is 57.8 Å². The lowest BCUT2D eigenvalue weighted by Gasteiger charge is -2.14. The Hall–Kier alpha value is -3.37. The van der Waals surface area contributed by atoms with Gasteiger partial charge in [-0.3, -0.25) is 14.5 Å². The fourth-order valence-electron chi connectivity index (χ4n) is 3.01. The smallest absolute Gasteiger partial charge is 0.266 e. The van der Waals surface area contributed by atoms with Crippen molar-refractivity contribution in [1.29, 1.82) is 0 Å². The molecule has 8 nitrogen and oxygen atoms in total. The number of nitrogens with zero attached hydrogens (tertiary/aromatic N) is 1. The molecule has 2 aliphatic rings. The number of benzene rings is 2. The molecule has 0 aromatic heterocycles. The normalized spacial score (nSPS) is 16.1. The highest BCUT2D eigenvalue weighted by Gasteiger charge is 2.32. The van der Waals surface area contributed by atoms with Gasteiger partial charge in [0.15, 0.2) is 11.5 Å². The van der Waals surface area contributed by atoms with Crippen LogP contribution in [0.5, 0.6) is 11.5 Å². The van der Waals surface area contributed by atoms with Gasteiger partial charge < -0.3 is 24.7 Å². The first-order valence-corrected chi connectivity index (χ1v) is 10.4. The zero-order valence-electron chi connectivity index (χ0n) is 16.0. The van der Waals surface area contributed by atoms with E-state index in [1.807, 2.05) is 6.07 Å². The molecule has 0 aliphatic carbocycles. The Morgan fingerprint density at radius 2 is 2.00 bits per heavy atom. The van der Waals surface area contributed by atoms with Crippen LogP contribution in [0.15, 0.2) is 47.4 Å². The quantitative estimate of drug-likeness (QED) is 0.521. The molecule has 2 amide bonds. The van der Waals surface area contributed by atoms with E-state index in [0.29, 0.717) is 26.4 Å². The van der Waals surface area contributed by atoms with Gasteiger partial charge in [-0.2, -0.15) is 0 Å². The van der Waals surface area contributed by atoms with Crippen molar-refractivity contribution in [3.8, 4) is 11.5 Å². The highest BCUT2D eigenvalue weighted by atomic mass is 32.2. The summed E-state index contributed by atoms with van der Waals surface area (Å²) in [7, 11) is 0. The van der Waals surface area contributed by atoms with E-state index in [0.717, 1.165) is 17.3 Å². The van der Waals surface area contributed by atoms with Crippen LogP contribution < -0.4 is 19.9 Å². The van der Waals surface area contributed by atoms with Crippen LogP contribution in [0.25, 0.3) is 6.08 Å². The SMILES string of the molecule is O=C(CCN1C(=O)C(=Cc2ccc3c(c2)OCO3)SC1=S)Nc1cccc(C(=O)[O-])c1. The average molecular weight is 455 g/mol. The molecule has 1 saturated heterocycles. The Balaban J connectivity index is 1.37. The topological polar surface area (TPSA) is 108 Å². The molecule has 0 saturated carbocycles. The summed E-state index contributed by atoms with van der Waals surface area (Å²) in [5.74, 6) is -0.712. The van der Waals surface area contributed by atoms with E-state index < -0.39 is 5.97 Å². The molecule has 0 spiro atoms. The molecule has 158 valence electrons. The zero-order chi connectivity index (χ0) is 22.0. The monoisotopic (exact) mass is 455 g/mol. The molecule has 1 N–H and O–H groups in total. The highest BCUT2D eigenvalue weighted by molar-refractivity contribution is 8.26. The number of carbonyl (C=O) groups excluding carboxylic acids is 3. The molecule has 0 unspecified atom stereocenters. The van der Waals surface area contributed by atoms with Crippen LogP contribution in [-0.4, -0.2) is 40.3 Å². The maximum absolute atomic E-state index is 12.7. The first-order valence-electron chi connectivity index (χ1n) is 9.17. The lowest BCUT2D eigenvalue weighted by Crippen LogP contribution is -2.31. The summed E-state index contributed by atoms with van der Waals surface area (Å²) in [5, 5.41) is 13.5. The average Bonchev–Trinajstić information content (AvgIpc) is 3.31. The Bertz CT molecular complexity index is 1130. The van der Waals surface area contributed by atoms with Gasteiger partial charge in [-0.25, -0.2) is 0 Å². The Kier molecular flexibility index (Phi) is 5.92. The second kappa shape index (κ2) is 8.78. The van der Waals surface area contributed by atoms with Crippen LogP contribution in [-0.2, 0) is 9.59 Å². The Morgan fingerprint density at radius 1 is 1.19 bits per heavy atom. The maximum atomic E-state index is 12.7. The van der Waals surface area contributed by atoms with Crippen LogP contribution in [0, 0.1) is 0 Å². The van der Waals surface area contributed by atoms with Crippen LogP contribution in [0.2, 0.25) is 0 Å². The van der Waals surface area contributed by atoms with Gasteiger partial charge in [0.2, 0.25) is 12.7 Å². The number of nitrogens with one attached hydrogen (secondary N) is 1. The number of thiocarbonyl (C=S) groups is 1. The number of hydrogen-bond acceptors (Lipinski definition) is 8. The minimum atomic E-state index is -1.33. The number of ether oxygens (including phenoxy) is 2. The summed E-state index contributed by atoms with van der Waals surface area (Å²) in [6.07, 6.45) is 1.71. The van der Waals surface area contributed by atoms with Gasteiger partial charge in [-0.05, 0) is 41.5 Å². The lowest BCUT2D eigenvalue weighted by atomic mass is 10.2. The fraction of sp³-hybridized carbons (Fsp3) is 0.143. The molecule has 1 fully saturated rings. The van der Waals surface area contributed by atoms with Gasteiger partial charge in [-0.15, -0.1) is 0 Å². The summed E-state index contributed by atoms with van der Waals surface area (Å²) in [4.78, 5) is 37.7. The highest BCUT2D eigenvalue weighted by Crippen LogP contribution is 2.36. The number of carboxylic acid groups (broad SMARTS) is 1. The minimum absolute atomic E-state index is 0.000701. The van der Waals surface area contributed by atoms with E-state index >= 15 is 0 Å². The van der Waals surface area contributed by atoms with Crippen molar-refractivity contribution in [3.05, 3.63) is 58.5 Å². The van der Waals surface area contributed by atoms with Crippen molar-refractivity contribution < 1.29 is 29.0 Å². The van der Waals surface area contributed by atoms with Gasteiger partial charge in [0, 0.05) is 18.7 Å². The molecule has 31 heavy (non-hydrogen) atoms. The lowest BCUT2D eigenvalue weighted by molar-refractivity contribution is -0.255. The van der Waals surface area contributed by atoms with Crippen LogP contribution in [0.4, 0.5) is 5.69 Å². The second-order valence-electron chi connectivity index (χ2n) is 6.61. The number of anilines is 1. The van der Waals surface area contributed by atoms with Crippen LogP contribution >= 0.6 is 24.0 Å². The van der Waals surface area contributed by atoms with Crippen LogP contribution in [0.3, 0.4) is 0 Å². The molecule has 2 aromatic rings. The van der Waals surface area contributed by atoms with Crippen molar-refractivity contribution in [2.75, 3.05) is 18.7 Å². The van der Waals surface area contributed by atoms with Crippen molar-refractivity contribution in [3.63, 3.8) is 0 Å². The second-order valence-corrected chi connectivity index (χ2v) is 8.29. The molecule has 0 atom stereocenters. The molecule has 0 radical (unpaired) electrons. The van der Waals surface area contributed by atoms with E-state index in [2.05, 4.69) is 5.32 Å². The molecule has 4 rings (SSSR count). The number of aromatic carboxylic acids is 1. The number of carbonyl (C=O) groups is 3. The standard InChI is InChI=1S/C21H16N2O6S2/c24-18(22-14-3-1-2-13(10-14)20(26)27)6-7-23-19(25)17(31-21(23)30)9-12-4-5-15-16(8-12)29-11-28-15/h1-5,8-10H,6-7,11H2,(H,22,24)(H,26,27)/p-1. The van der Waals surface area contributed by atoms with Gasteiger partial charge in [0.1, 0.15) is 4.32 Å². The summed E-state index contributed by atoms with van der Waals surface area (Å²) >= 11 is 6.46. The maximum Gasteiger partial charge on any atom is 0.266 e. The van der Waals surface area contributed by atoms with E-state index in [-0.39, 0.29) is 37.1 Å². The van der Waals surface area contributed by atoms with Gasteiger partial charge in [-0.1, -0.05) is 42.2 Å². The first-order chi connectivity index (χ1) is 14.9. The number of carboxylic acids is 1. The molecular formula is C21H15N2O6S2-. The Labute approximate surface area is 186 Å². The summed E-state index contributed by atoms with van der Waals surface area (Å²) in [6.45, 7) is 0.273. The first kappa shape index (κ1) is 20.9. The van der Waals surface area contributed by atoms with Crippen molar-refractivity contribution in [1.82, 2.24) is 4.90 Å². The van der Waals surface area contributed by atoms with Gasteiger partial charge >= 0.3 is 0 Å². The van der Waals surface area contributed by atoms with Crippen molar-refractivity contribution in [2.24, 2.45) is 0 Å². The molecule has 0 bridgehead atoms. The third-order valence-corrected chi connectivity index (χ3v) is 5.89. The fourth-order valence-corrected chi connectivity index (χ4v) is 4.32.